The van der Waals surface area contributed by atoms with Gasteiger partial charge in [0, 0.05) is 5.75 Å². The Morgan fingerprint density at radius 3 is 2.86 bits per heavy atom. The molecule has 21 heavy (non-hydrogen) atoms. The second-order valence-corrected chi connectivity index (χ2v) is 6.39. The van der Waals surface area contributed by atoms with E-state index in [-0.39, 0.29) is 5.91 Å². The van der Waals surface area contributed by atoms with Crippen molar-refractivity contribution in [3.05, 3.63) is 24.3 Å². The molecule has 114 valence electrons. The van der Waals surface area contributed by atoms with Crippen LogP contribution in [-0.4, -0.2) is 34.2 Å². The van der Waals surface area contributed by atoms with Crippen LogP contribution in [0.25, 0.3) is 11.0 Å². The van der Waals surface area contributed by atoms with Crippen LogP contribution in [0.15, 0.2) is 29.4 Å². The standard InChI is InChI=1S/C15H22N4OS/c1-15(17-2,13(16)20)9-5-6-10-21-14-18-11-7-3-4-8-12(11)19-14/h3-4,7-8,17H,5-6,9-10H2,1-2H3,(H2,16,20)(H,18,19). The van der Waals surface area contributed by atoms with Crippen molar-refractivity contribution in [2.24, 2.45) is 5.73 Å². The number of rotatable bonds is 8. The van der Waals surface area contributed by atoms with E-state index in [1.807, 2.05) is 31.2 Å². The Kier molecular flexibility index (Phi) is 5.25. The maximum Gasteiger partial charge on any atom is 0.237 e. The second-order valence-electron chi connectivity index (χ2n) is 5.31. The number of hydrogen-bond acceptors (Lipinski definition) is 4. The number of nitrogens with zero attached hydrogens (tertiary/aromatic N) is 1. The van der Waals surface area contributed by atoms with Gasteiger partial charge in [0.05, 0.1) is 16.6 Å². The number of aromatic nitrogens is 2. The van der Waals surface area contributed by atoms with Crippen molar-refractivity contribution in [1.82, 2.24) is 15.3 Å². The fourth-order valence-corrected chi connectivity index (χ4v) is 3.01. The second kappa shape index (κ2) is 6.95. The molecule has 1 heterocycles. The van der Waals surface area contributed by atoms with Gasteiger partial charge in [0.2, 0.25) is 5.91 Å². The minimum atomic E-state index is -0.607. The molecule has 1 amide bonds. The number of carbonyl (C=O) groups excluding carboxylic acids is 1. The van der Waals surface area contributed by atoms with E-state index in [9.17, 15) is 4.79 Å². The Bertz CT molecular complexity index is 579. The SMILES string of the molecule is CNC(C)(CCCCSc1nc2ccccc2[nH]1)C(N)=O. The monoisotopic (exact) mass is 306 g/mol. The van der Waals surface area contributed by atoms with E-state index in [0.717, 1.165) is 41.2 Å². The summed E-state index contributed by atoms with van der Waals surface area (Å²) < 4.78 is 0. The molecular formula is C15H22N4OS. The van der Waals surface area contributed by atoms with Gasteiger partial charge in [-0.1, -0.05) is 30.3 Å². The fourth-order valence-electron chi connectivity index (χ4n) is 2.12. The molecular weight excluding hydrogens is 284 g/mol. The van der Waals surface area contributed by atoms with Gasteiger partial charge in [-0.25, -0.2) is 4.98 Å². The first kappa shape index (κ1) is 15.9. The largest absolute Gasteiger partial charge is 0.368 e. The zero-order valence-electron chi connectivity index (χ0n) is 12.5. The number of nitrogens with two attached hydrogens (primary N) is 1. The number of primary amides is 1. The summed E-state index contributed by atoms with van der Waals surface area (Å²) in [4.78, 5) is 19.2. The van der Waals surface area contributed by atoms with Crippen molar-refractivity contribution in [2.75, 3.05) is 12.8 Å². The lowest BCUT2D eigenvalue weighted by Crippen LogP contribution is -2.51. The summed E-state index contributed by atoms with van der Waals surface area (Å²) in [5.74, 6) is 0.674. The maximum absolute atomic E-state index is 11.4. The van der Waals surface area contributed by atoms with Crippen molar-refractivity contribution >= 4 is 28.7 Å². The summed E-state index contributed by atoms with van der Waals surface area (Å²) in [5, 5.41) is 3.95. The van der Waals surface area contributed by atoms with Crippen molar-refractivity contribution < 1.29 is 4.79 Å². The summed E-state index contributed by atoms with van der Waals surface area (Å²) in [6, 6.07) is 8.01. The molecule has 0 aliphatic rings. The molecule has 2 aromatic rings. The Labute approximate surface area is 129 Å². The molecule has 1 unspecified atom stereocenters. The maximum atomic E-state index is 11.4. The van der Waals surface area contributed by atoms with Crippen LogP contribution in [0.3, 0.4) is 0 Å². The van der Waals surface area contributed by atoms with E-state index < -0.39 is 5.54 Å². The number of imidazole rings is 1. The number of fused-ring (bicyclic) bond motifs is 1. The molecule has 0 spiro atoms. The summed E-state index contributed by atoms with van der Waals surface area (Å²) in [5.41, 5.74) is 6.86. The number of para-hydroxylation sites is 2. The Balaban J connectivity index is 1.76. The van der Waals surface area contributed by atoms with Gasteiger partial charge >= 0.3 is 0 Å². The van der Waals surface area contributed by atoms with Crippen molar-refractivity contribution in [1.29, 1.82) is 0 Å². The predicted octanol–water partition coefficient (Wildman–Crippen LogP) is 2.29. The van der Waals surface area contributed by atoms with Gasteiger partial charge in [0.25, 0.3) is 0 Å². The van der Waals surface area contributed by atoms with Gasteiger partial charge in [0.1, 0.15) is 0 Å². The molecule has 4 N–H and O–H groups in total. The van der Waals surface area contributed by atoms with E-state index >= 15 is 0 Å². The van der Waals surface area contributed by atoms with Crippen LogP contribution in [0.2, 0.25) is 0 Å². The molecule has 0 radical (unpaired) electrons. The number of likely N-dealkylation sites (N-methyl/N-ethyl adjacent to an activating group) is 1. The average molecular weight is 306 g/mol. The highest BCUT2D eigenvalue weighted by Gasteiger charge is 2.27. The van der Waals surface area contributed by atoms with Crippen LogP contribution < -0.4 is 11.1 Å². The third-order valence-electron chi connectivity index (χ3n) is 3.77. The van der Waals surface area contributed by atoms with Crippen molar-refractivity contribution in [3.8, 4) is 0 Å². The molecule has 0 saturated heterocycles. The van der Waals surface area contributed by atoms with Gasteiger partial charge in [-0.3, -0.25) is 4.79 Å². The first-order valence-electron chi connectivity index (χ1n) is 7.11. The number of amides is 1. The van der Waals surface area contributed by atoms with E-state index in [1.165, 1.54) is 0 Å². The van der Waals surface area contributed by atoms with Gasteiger partial charge < -0.3 is 16.0 Å². The zero-order valence-corrected chi connectivity index (χ0v) is 13.3. The number of benzene rings is 1. The number of unbranched alkanes of at least 4 members (excludes halogenated alkanes) is 1. The minimum Gasteiger partial charge on any atom is -0.368 e. The fraction of sp³-hybridized carbons (Fsp3) is 0.467. The Morgan fingerprint density at radius 1 is 1.43 bits per heavy atom. The van der Waals surface area contributed by atoms with E-state index in [0.29, 0.717) is 0 Å². The Hall–Kier alpha value is -1.53. The van der Waals surface area contributed by atoms with Crippen LogP contribution >= 0.6 is 11.8 Å². The van der Waals surface area contributed by atoms with Crippen molar-refractivity contribution in [2.45, 2.75) is 36.9 Å². The minimum absolute atomic E-state index is 0.296. The highest BCUT2D eigenvalue weighted by atomic mass is 32.2. The van der Waals surface area contributed by atoms with Gasteiger partial charge in [-0.05, 0) is 38.9 Å². The molecule has 2 rings (SSSR count). The van der Waals surface area contributed by atoms with Gasteiger partial charge in [-0.15, -0.1) is 0 Å². The number of hydrogen-bond donors (Lipinski definition) is 3. The van der Waals surface area contributed by atoms with Crippen LogP contribution in [0.1, 0.15) is 26.2 Å². The van der Waals surface area contributed by atoms with Crippen molar-refractivity contribution in [3.63, 3.8) is 0 Å². The average Bonchev–Trinajstić information content (AvgIpc) is 2.89. The molecule has 0 aliphatic carbocycles. The molecule has 1 atom stereocenters. The van der Waals surface area contributed by atoms with Gasteiger partial charge in [-0.2, -0.15) is 0 Å². The number of aromatic amines is 1. The molecule has 0 aliphatic heterocycles. The van der Waals surface area contributed by atoms with E-state index in [4.69, 9.17) is 5.73 Å². The number of thioether (sulfide) groups is 1. The summed E-state index contributed by atoms with van der Waals surface area (Å²) in [6.45, 7) is 1.85. The normalized spacial score (nSPS) is 14.2. The first-order valence-corrected chi connectivity index (χ1v) is 8.10. The molecule has 0 fully saturated rings. The lowest BCUT2D eigenvalue weighted by atomic mass is 9.94. The highest BCUT2D eigenvalue weighted by Crippen LogP contribution is 2.21. The topological polar surface area (TPSA) is 83.8 Å². The molecule has 5 nitrogen and oxygen atoms in total. The number of nitrogens with one attached hydrogen (secondary N) is 2. The van der Waals surface area contributed by atoms with E-state index in [2.05, 4.69) is 15.3 Å². The molecule has 1 aromatic carbocycles. The van der Waals surface area contributed by atoms with Crippen LogP contribution in [0, 0.1) is 0 Å². The summed E-state index contributed by atoms with van der Waals surface area (Å²) >= 11 is 1.71. The van der Waals surface area contributed by atoms with E-state index in [1.54, 1.807) is 18.8 Å². The van der Waals surface area contributed by atoms with Crippen LogP contribution in [-0.2, 0) is 4.79 Å². The number of H-pyrrole nitrogens is 1. The molecule has 1 aromatic heterocycles. The molecule has 0 bridgehead atoms. The predicted molar refractivity (Wildman–Crippen MR) is 87.3 cm³/mol. The number of carbonyl (C=O) groups is 1. The third-order valence-corrected chi connectivity index (χ3v) is 4.73. The first-order chi connectivity index (χ1) is 10.0. The van der Waals surface area contributed by atoms with Crippen LogP contribution in [0.5, 0.6) is 0 Å². The Morgan fingerprint density at radius 2 is 2.19 bits per heavy atom. The smallest absolute Gasteiger partial charge is 0.237 e. The lowest BCUT2D eigenvalue weighted by Gasteiger charge is -2.25. The third kappa shape index (κ3) is 3.98. The summed E-state index contributed by atoms with van der Waals surface area (Å²) in [7, 11) is 1.77. The zero-order chi connectivity index (χ0) is 15.3. The molecule has 0 saturated carbocycles. The lowest BCUT2D eigenvalue weighted by molar-refractivity contribution is -0.123. The van der Waals surface area contributed by atoms with Gasteiger partial charge in [0.15, 0.2) is 5.16 Å². The quantitative estimate of drug-likeness (QED) is 0.516. The summed E-state index contributed by atoms with van der Waals surface area (Å²) in [6.07, 6.45) is 2.72. The molecule has 6 heteroatoms. The highest BCUT2D eigenvalue weighted by molar-refractivity contribution is 7.99. The van der Waals surface area contributed by atoms with Crippen LogP contribution in [0.4, 0.5) is 0 Å².